The quantitative estimate of drug-likeness (QED) is 0.530. The zero-order valence-electron chi connectivity index (χ0n) is 17.0. The van der Waals surface area contributed by atoms with Gasteiger partial charge in [0.05, 0.1) is 16.7 Å². The summed E-state index contributed by atoms with van der Waals surface area (Å²) in [5, 5.41) is 5.48. The Kier molecular flexibility index (Phi) is 8.15. The predicted octanol–water partition coefficient (Wildman–Crippen LogP) is 3.93. The topological polar surface area (TPSA) is 101 Å². The van der Waals surface area contributed by atoms with Crippen molar-refractivity contribution in [3.8, 4) is 0 Å². The Labute approximate surface area is 178 Å². The molecule has 0 aliphatic rings. The summed E-state index contributed by atoms with van der Waals surface area (Å²) >= 11 is 0. The lowest BCUT2D eigenvalue weighted by atomic mass is 10.1. The van der Waals surface area contributed by atoms with E-state index >= 15 is 0 Å². The van der Waals surface area contributed by atoms with Gasteiger partial charge in [-0.3, -0.25) is 0 Å². The molecule has 1 unspecified atom stereocenters. The maximum atomic E-state index is 12.7. The van der Waals surface area contributed by atoms with E-state index in [0.717, 1.165) is 11.1 Å². The third-order valence-corrected chi connectivity index (χ3v) is 6.15. The fraction of sp³-hybridized carbons (Fsp3) is 0.174. The van der Waals surface area contributed by atoms with Crippen LogP contribution < -0.4 is 16.4 Å². The molecule has 2 aromatic carbocycles. The lowest BCUT2D eigenvalue weighted by Gasteiger charge is -2.16. The molecule has 0 aliphatic carbocycles. The van der Waals surface area contributed by atoms with Crippen LogP contribution in [0, 0.1) is 0 Å². The van der Waals surface area contributed by atoms with Crippen molar-refractivity contribution in [1.29, 1.82) is 0 Å². The van der Waals surface area contributed by atoms with Crippen LogP contribution in [0.2, 0.25) is 0 Å². The summed E-state index contributed by atoms with van der Waals surface area (Å²) in [7, 11) is -3.52. The van der Waals surface area contributed by atoms with Crippen molar-refractivity contribution in [2.45, 2.75) is 30.2 Å². The van der Waals surface area contributed by atoms with E-state index in [1.165, 1.54) is 12.1 Å². The molecule has 0 aromatic heterocycles. The summed E-state index contributed by atoms with van der Waals surface area (Å²) in [6.07, 6.45) is 5.04. The number of hydrogen-bond donors (Lipinski definition) is 3. The molecule has 1 atom stereocenters. The van der Waals surface area contributed by atoms with Crippen LogP contribution in [0.15, 0.2) is 90.4 Å². The van der Waals surface area contributed by atoms with Gasteiger partial charge in [-0.1, -0.05) is 55.7 Å². The fourth-order valence-corrected chi connectivity index (χ4v) is 4.20. The first-order valence-electron chi connectivity index (χ1n) is 9.42. The highest BCUT2D eigenvalue weighted by Crippen LogP contribution is 2.19. The van der Waals surface area contributed by atoms with Crippen LogP contribution in [0.1, 0.15) is 18.1 Å². The number of hydrogen-bond acceptors (Lipinski definition) is 4. The van der Waals surface area contributed by atoms with Gasteiger partial charge in [0.15, 0.2) is 9.84 Å². The molecule has 2 aromatic rings. The van der Waals surface area contributed by atoms with Gasteiger partial charge in [-0.2, -0.15) is 0 Å². The average Bonchev–Trinajstić information content (AvgIpc) is 2.72. The third-order valence-electron chi connectivity index (χ3n) is 4.45. The van der Waals surface area contributed by atoms with Gasteiger partial charge >= 0.3 is 6.03 Å². The number of carbonyl (C=O) groups excluding carboxylic acids is 1. The first kappa shape index (κ1) is 23.1. The summed E-state index contributed by atoms with van der Waals surface area (Å²) in [6, 6.07) is 12.6. The van der Waals surface area contributed by atoms with E-state index in [9.17, 15) is 13.2 Å². The van der Waals surface area contributed by atoms with Crippen LogP contribution in [0.5, 0.6) is 0 Å². The summed E-state index contributed by atoms with van der Waals surface area (Å²) in [4.78, 5) is 12.4. The lowest BCUT2D eigenvalue weighted by molar-refractivity contribution is 0.250. The maximum Gasteiger partial charge on any atom is 0.319 e. The van der Waals surface area contributed by atoms with Gasteiger partial charge in [-0.25, -0.2) is 13.2 Å². The molecule has 6 nitrogen and oxygen atoms in total. The Balaban J connectivity index is 2.04. The normalized spacial score (nSPS) is 12.7. The molecule has 0 aliphatic heterocycles. The van der Waals surface area contributed by atoms with Gasteiger partial charge in [-0.05, 0) is 47.9 Å². The average molecular weight is 426 g/mol. The highest BCUT2D eigenvalue weighted by atomic mass is 32.2. The molecule has 158 valence electrons. The number of benzene rings is 2. The van der Waals surface area contributed by atoms with E-state index in [0.29, 0.717) is 17.8 Å². The Morgan fingerprint density at radius 2 is 1.80 bits per heavy atom. The molecular weight excluding hydrogens is 398 g/mol. The van der Waals surface area contributed by atoms with E-state index in [1.807, 2.05) is 13.0 Å². The van der Waals surface area contributed by atoms with Crippen LogP contribution >= 0.6 is 0 Å². The van der Waals surface area contributed by atoms with Crippen LogP contribution in [0.4, 0.5) is 10.5 Å². The molecule has 2 amide bonds. The Morgan fingerprint density at radius 1 is 1.13 bits per heavy atom. The van der Waals surface area contributed by atoms with Crippen molar-refractivity contribution in [2.75, 3.05) is 5.32 Å². The Hall–Kier alpha value is -3.16. The molecular formula is C23H27N3O3S. The smallest absolute Gasteiger partial charge is 0.319 e. The first-order chi connectivity index (χ1) is 14.3. The second-order valence-corrected chi connectivity index (χ2v) is 8.72. The largest absolute Gasteiger partial charge is 0.331 e. The second kappa shape index (κ2) is 10.6. The lowest BCUT2D eigenvalue weighted by Crippen LogP contribution is -2.36. The molecule has 0 fully saturated rings. The number of rotatable bonds is 9. The van der Waals surface area contributed by atoms with Crippen molar-refractivity contribution in [3.63, 3.8) is 0 Å². The molecule has 30 heavy (non-hydrogen) atoms. The van der Waals surface area contributed by atoms with Crippen LogP contribution in [-0.2, 0) is 22.1 Å². The zero-order valence-corrected chi connectivity index (χ0v) is 17.8. The van der Waals surface area contributed by atoms with E-state index in [-0.39, 0.29) is 16.7 Å². The van der Waals surface area contributed by atoms with E-state index < -0.39 is 15.9 Å². The Bertz CT molecular complexity index is 1040. The minimum absolute atomic E-state index is 0.119. The van der Waals surface area contributed by atoms with Gasteiger partial charge < -0.3 is 16.4 Å². The summed E-state index contributed by atoms with van der Waals surface area (Å²) in [5.74, 6) is -0.119. The van der Waals surface area contributed by atoms with Crippen LogP contribution in [0.3, 0.4) is 0 Å². The SMILES string of the molecule is C=C/C=C(\C=C)C(C)NC(=O)Nc1ccc(S(=O)(=O)Cc2cccc(CN)c2)cc1. The molecule has 7 heteroatoms. The van der Waals surface area contributed by atoms with Gasteiger partial charge in [0.25, 0.3) is 0 Å². The summed E-state index contributed by atoms with van der Waals surface area (Å²) in [6.45, 7) is 9.53. The number of urea groups is 1. The number of amides is 2. The summed E-state index contributed by atoms with van der Waals surface area (Å²) in [5.41, 5.74) is 8.48. The number of sulfone groups is 1. The highest BCUT2D eigenvalue weighted by molar-refractivity contribution is 7.90. The van der Waals surface area contributed by atoms with E-state index in [2.05, 4.69) is 23.8 Å². The number of nitrogens with one attached hydrogen (secondary N) is 2. The predicted molar refractivity (Wildman–Crippen MR) is 122 cm³/mol. The van der Waals surface area contributed by atoms with Crippen molar-refractivity contribution in [3.05, 3.63) is 96.6 Å². The molecule has 0 bridgehead atoms. The number of carbonyl (C=O) groups is 1. The molecule has 0 saturated carbocycles. The van der Waals surface area contributed by atoms with Gasteiger partial charge in [-0.15, -0.1) is 0 Å². The highest BCUT2D eigenvalue weighted by Gasteiger charge is 2.16. The molecule has 0 spiro atoms. The minimum atomic E-state index is -3.52. The fourth-order valence-electron chi connectivity index (χ4n) is 2.87. The van der Waals surface area contributed by atoms with Crippen molar-refractivity contribution in [2.24, 2.45) is 5.73 Å². The number of allylic oxidation sites excluding steroid dienone is 2. The molecule has 0 heterocycles. The van der Waals surface area contributed by atoms with E-state index in [4.69, 9.17) is 5.73 Å². The monoisotopic (exact) mass is 425 g/mol. The Morgan fingerprint density at radius 3 is 2.40 bits per heavy atom. The first-order valence-corrected chi connectivity index (χ1v) is 11.1. The summed E-state index contributed by atoms with van der Waals surface area (Å²) < 4.78 is 25.4. The standard InChI is InChI=1S/C23H27N3O3S/c1-4-7-20(5-2)17(3)25-23(27)26-21-10-12-22(13-11-21)30(28,29)16-19-9-6-8-18(14-19)15-24/h4-14,17H,1-2,15-16,24H2,3H3,(H2,25,26,27)/b20-7+. The number of anilines is 1. The van der Waals surface area contributed by atoms with Crippen molar-refractivity contribution < 1.29 is 13.2 Å². The van der Waals surface area contributed by atoms with Gasteiger partial charge in [0.2, 0.25) is 0 Å². The second-order valence-electron chi connectivity index (χ2n) is 6.73. The van der Waals surface area contributed by atoms with Crippen molar-refractivity contribution in [1.82, 2.24) is 5.32 Å². The maximum absolute atomic E-state index is 12.7. The molecule has 4 N–H and O–H groups in total. The van der Waals surface area contributed by atoms with E-state index in [1.54, 1.807) is 48.6 Å². The van der Waals surface area contributed by atoms with Crippen LogP contribution in [0.25, 0.3) is 0 Å². The zero-order chi connectivity index (χ0) is 22.1. The van der Waals surface area contributed by atoms with Crippen LogP contribution in [-0.4, -0.2) is 20.5 Å². The van der Waals surface area contributed by atoms with Gasteiger partial charge in [0.1, 0.15) is 0 Å². The number of nitrogens with two attached hydrogens (primary N) is 1. The van der Waals surface area contributed by atoms with Gasteiger partial charge in [0, 0.05) is 12.2 Å². The van der Waals surface area contributed by atoms with Crippen molar-refractivity contribution >= 4 is 21.6 Å². The molecule has 2 rings (SSSR count). The third kappa shape index (κ3) is 6.43. The molecule has 0 saturated heterocycles. The molecule has 0 radical (unpaired) electrons. The minimum Gasteiger partial charge on any atom is -0.331 e.